The number of rotatable bonds is 5. The van der Waals surface area contributed by atoms with E-state index in [9.17, 15) is 0 Å². The maximum Gasteiger partial charge on any atom is 0.161 e. The first-order chi connectivity index (χ1) is 7.79. The smallest absolute Gasteiger partial charge is 0.161 e. The summed E-state index contributed by atoms with van der Waals surface area (Å²) < 4.78 is 10.9. The third-order valence-electron chi connectivity index (χ3n) is 2.72. The molecule has 88 valence electrons. The highest BCUT2D eigenvalue weighted by atomic mass is 16.5. The summed E-state index contributed by atoms with van der Waals surface area (Å²) in [5.41, 5.74) is 5.69. The van der Waals surface area contributed by atoms with Crippen LogP contribution in [0.25, 0.3) is 0 Å². The molecule has 0 radical (unpaired) electrons. The molecular weight excluding hydrogens is 204 g/mol. The highest BCUT2D eigenvalue weighted by molar-refractivity contribution is 5.39. The molecule has 1 aromatic rings. The Morgan fingerprint density at radius 3 is 2.62 bits per heavy atom. The zero-order valence-corrected chi connectivity index (χ0v) is 9.56. The molecule has 1 saturated heterocycles. The lowest BCUT2D eigenvalue weighted by molar-refractivity contribution is 0.123. The van der Waals surface area contributed by atoms with Gasteiger partial charge in [0, 0.05) is 25.7 Å². The molecule has 4 heteroatoms. The van der Waals surface area contributed by atoms with Gasteiger partial charge in [-0.3, -0.25) is 4.90 Å². The molecule has 0 amide bonds. The van der Waals surface area contributed by atoms with Gasteiger partial charge in [0.05, 0.1) is 7.11 Å². The van der Waals surface area contributed by atoms with E-state index in [-0.39, 0.29) is 0 Å². The number of nitrogens with zero attached hydrogens (tertiary/aromatic N) is 1. The Labute approximate surface area is 95.9 Å². The number of hydrogen-bond acceptors (Lipinski definition) is 4. The highest BCUT2D eigenvalue weighted by Crippen LogP contribution is 2.25. The summed E-state index contributed by atoms with van der Waals surface area (Å²) in [5.74, 6) is 1.58. The molecule has 0 aromatic heterocycles. The second kappa shape index (κ2) is 5.18. The van der Waals surface area contributed by atoms with Crippen LogP contribution in [0.4, 0.5) is 0 Å². The zero-order chi connectivity index (χ0) is 11.4. The maximum atomic E-state index is 5.69. The Morgan fingerprint density at radius 2 is 2.00 bits per heavy atom. The van der Waals surface area contributed by atoms with Gasteiger partial charge in [-0.25, -0.2) is 0 Å². The van der Waals surface area contributed by atoms with Gasteiger partial charge >= 0.3 is 0 Å². The van der Waals surface area contributed by atoms with E-state index in [1.165, 1.54) is 0 Å². The fourth-order valence-corrected chi connectivity index (χ4v) is 1.82. The van der Waals surface area contributed by atoms with Crippen LogP contribution in [0.5, 0.6) is 11.5 Å². The molecular formula is C12H18N2O2. The van der Waals surface area contributed by atoms with Crippen molar-refractivity contribution in [2.24, 2.45) is 5.73 Å². The SMILES string of the molecule is COc1ccccc1OCCN1CC(N)C1. The van der Waals surface area contributed by atoms with Gasteiger partial charge in [0.2, 0.25) is 0 Å². The van der Waals surface area contributed by atoms with Crippen LogP contribution < -0.4 is 15.2 Å². The summed E-state index contributed by atoms with van der Waals surface area (Å²) in [4.78, 5) is 2.28. The van der Waals surface area contributed by atoms with Crippen molar-refractivity contribution in [1.82, 2.24) is 4.90 Å². The predicted octanol–water partition coefficient (Wildman–Crippen LogP) is 0.717. The summed E-state index contributed by atoms with van der Waals surface area (Å²) in [6, 6.07) is 8.04. The van der Waals surface area contributed by atoms with Crippen LogP contribution in [-0.2, 0) is 0 Å². The number of nitrogens with two attached hydrogens (primary N) is 1. The Hall–Kier alpha value is -1.26. The first-order valence-corrected chi connectivity index (χ1v) is 5.53. The summed E-state index contributed by atoms with van der Waals surface area (Å²) in [5, 5.41) is 0. The molecule has 0 unspecified atom stereocenters. The van der Waals surface area contributed by atoms with Gasteiger partial charge < -0.3 is 15.2 Å². The molecule has 16 heavy (non-hydrogen) atoms. The third-order valence-corrected chi connectivity index (χ3v) is 2.72. The average Bonchev–Trinajstić information content (AvgIpc) is 2.27. The normalized spacial score (nSPS) is 16.9. The molecule has 1 aliphatic heterocycles. The fourth-order valence-electron chi connectivity index (χ4n) is 1.82. The first-order valence-electron chi connectivity index (χ1n) is 5.53. The number of benzene rings is 1. The van der Waals surface area contributed by atoms with Gasteiger partial charge in [-0.2, -0.15) is 0 Å². The van der Waals surface area contributed by atoms with Crippen LogP contribution in [-0.4, -0.2) is 44.3 Å². The lowest BCUT2D eigenvalue weighted by Crippen LogP contribution is -2.56. The van der Waals surface area contributed by atoms with Gasteiger partial charge in [0.1, 0.15) is 6.61 Å². The van der Waals surface area contributed by atoms with Crippen molar-refractivity contribution in [1.29, 1.82) is 0 Å². The third kappa shape index (κ3) is 2.65. The topological polar surface area (TPSA) is 47.7 Å². The van der Waals surface area contributed by atoms with Crippen LogP contribution >= 0.6 is 0 Å². The van der Waals surface area contributed by atoms with E-state index in [0.717, 1.165) is 31.1 Å². The fraction of sp³-hybridized carbons (Fsp3) is 0.500. The standard InChI is InChI=1S/C12H18N2O2/c1-15-11-4-2-3-5-12(11)16-7-6-14-8-10(13)9-14/h2-5,10H,6-9,13H2,1H3. The van der Waals surface area contributed by atoms with Crippen LogP contribution in [0.1, 0.15) is 0 Å². The minimum atomic E-state index is 0.353. The number of ether oxygens (including phenoxy) is 2. The van der Waals surface area contributed by atoms with Gasteiger partial charge in [0.25, 0.3) is 0 Å². The minimum Gasteiger partial charge on any atom is -0.493 e. The highest BCUT2D eigenvalue weighted by Gasteiger charge is 2.22. The van der Waals surface area contributed by atoms with E-state index in [2.05, 4.69) is 4.90 Å². The lowest BCUT2D eigenvalue weighted by Gasteiger charge is -2.36. The zero-order valence-electron chi connectivity index (χ0n) is 9.56. The molecule has 2 rings (SSSR count). The molecule has 1 heterocycles. The van der Waals surface area contributed by atoms with E-state index in [4.69, 9.17) is 15.2 Å². The average molecular weight is 222 g/mol. The quantitative estimate of drug-likeness (QED) is 0.797. The predicted molar refractivity (Wildman–Crippen MR) is 62.9 cm³/mol. The van der Waals surface area contributed by atoms with E-state index in [1.54, 1.807) is 7.11 Å². The Balaban J connectivity index is 1.76. The van der Waals surface area contributed by atoms with E-state index in [0.29, 0.717) is 12.6 Å². The van der Waals surface area contributed by atoms with Crippen molar-refractivity contribution < 1.29 is 9.47 Å². The molecule has 2 N–H and O–H groups in total. The minimum absolute atomic E-state index is 0.353. The van der Waals surface area contributed by atoms with Crippen molar-refractivity contribution in [3.05, 3.63) is 24.3 Å². The molecule has 1 fully saturated rings. The van der Waals surface area contributed by atoms with Crippen molar-refractivity contribution in [2.75, 3.05) is 33.4 Å². The largest absolute Gasteiger partial charge is 0.493 e. The van der Waals surface area contributed by atoms with Crippen LogP contribution in [0, 0.1) is 0 Å². The van der Waals surface area contributed by atoms with E-state index < -0.39 is 0 Å². The molecule has 0 bridgehead atoms. The molecule has 0 aliphatic carbocycles. The van der Waals surface area contributed by atoms with Crippen LogP contribution in [0.2, 0.25) is 0 Å². The van der Waals surface area contributed by atoms with Crippen LogP contribution in [0.3, 0.4) is 0 Å². The van der Waals surface area contributed by atoms with E-state index >= 15 is 0 Å². The Kier molecular flexibility index (Phi) is 3.64. The molecule has 0 spiro atoms. The van der Waals surface area contributed by atoms with E-state index in [1.807, 2.05) is 24.3 Å². The van der Waals surface area contributed by atoms with Crippen molar-refractivity contribution in [3.63, 3.8) is 0 Å². The second-order valence-electron chi connectivity index (χ2n) is 4.02. The Bertz CT molecular complexity index is 338. The van der Waals surface area contributed by atoms with Gasteiger partial charge in [-0.05, 0) is 12.1 Å². The molecule has 1 aliphatic rings. The van der Waals surface area contributed by atoms with Crippen molar-refractivity contribution in [2.45, 2.75) is 6.04 Å². The summed E-state index contributed by atoms with van der Waals surface area (Å²) in [7, 11) is 1.65. The summed E-state index contributed by atoms with van der Waals surface area (Å²) >= 11 is 0. The number of para-hydroxylation sites is 2. The number of likely N-dealkylation sites (tertiary alicyclic amines) is 1. The van der Waals surface area contributed by atoms with Gasteiger partial charge in [-0.1, -0.05) is 12.1 Å². The summed E-state index contributed by atoms with van der Waals surface area (Å²) in [6.07, 6.45) is 0. The van der Waals surface area contributed by atoms with Crippen LogP contribution in [0.15, 0.2) is 24.3 Å². The number of hydrogen-bond donors (Lipinski definition) is 1. The van der Waals surface area contributed by atoms with Crippen molar-refractivity contribution >= 4 is 0 Å². The van der Waals surface area contributed by atoms with Gasteiger partial charge in [0.15, 0.2) is 11.5 Å². The monoisotopic (exact) mass is 222 g/mol. The molecule has 4 nitrogen and oxygen atoms in total. The molecule has 0 atom stereocenters. The summed E-state index contributed by atoms with van der Waals surface area (Å²) in [6.45, 7) is 3.56. The molecule has 0 saturated carbocycles. The maximum absolute atomic E-state index is 5.69. The van der Waals surface area contributed by atoms with Gasteiger partial charge in [-0.15, -0.1) is 0 Å². The first kappa shape index (κ1) is 11.2. The lowest BCUT2D eigenvalue weighted by atomic mass is 10.1. The molecule has 1 aromatic carbocycles. The van der Waals surface area contributed by atoms with Crippen molar-refractivity contribution in [3.8, 4) is 11.5 Å². The number of methoxy groups -OCH3 is 1. The second-order valence-corrected chi connectivity index (χ2v) is 4.02. The Morgan fingerprint density at radius 1 is 1.31 bits per heavy atom.